The number of phosphoric ester groups is 2. The molecule has 96 heavy (non-hydrogen) atoms. The van der Waals surface area contributed by atoms with Crippen molar-refractivity contribution in [2.45, 2.75) is 425 Å². The zero-order valence-electron chi connectivity index (χ0n) is 62.5. The maximum Gasteiger partial charge on any atom is 0.472 e. The molecule has 17 nitrogen and oxygen atoms in total. The van der Waals surface area contributed by atoms with Crippen molar-refractivity contribution in [1.82, 2.24) is 0 Å². The van der Waals surface area contributed by atoms with Gasteiger partial charge >= 0.3 is 39.5 Å². The zero-order chi connectivity index (χ0) is 70.5. The highest BCUT2D eigenvalue weighted by molar-refractivity contribution is 7.47. The first-order chi connectivity index (χ1) is 46.5. The topological polar surface area (TPSA) is 237 Å². The number of carbonyl (C=O) groups excluding carboxylic acids is 4. The van der Waals surface area contributed by atoms with Gasteiger partial charge < -0.3 is 33.8 Å². The molecule has 0 aliphatic carbocycles. The molecule has 2 unspecified atom stereocenters. The number of aliphatic hydroxyl groups excluding tert-OH is 1. The van der Waals surface area contributed by atoms with Crippen molar-refractivity contribution in [3.63, 3.8) is 0 Å². The Kier molecular flexibility index (Phi) is 68.7. The molecule has 0 aromatic carbocycles. The normalized spacial score (nSPS) is 13.9. The Hall–Kier alpha value is -1.94. The first-order valence-corrected chi connectivity index (χ1v) is 43.1. The molecule has 19 heteroatoms. The molecule has 0 aromatic heterocycles. The predicted molar refractivity (Wildman–Crippen MR) is 391 cm³/mol. The van der Waals surface area contributed by atoms with Gasteiger partial charge in [-0.2, -0.15) is 0 Å². The monoisotopic (exact) mass is 1410 g/mol. The second-order valence-corrected chi connectivity index (χ2v) is 31.1. The molecular weight excluding hydrogens is 1260 g/mol. The maximum atomic E-state index is 13.1. The highest BCUT2D eigenvalue weighted by Gasteiger charge is 2.30. The van der Waals surface area contributed by atoms with Crippen LogP contribution >= 0.6 is 15.6 Å². The number of esters is 4. The largest absolute Gasteiger partial charge is 0.472 e. The zero-order valence-corrected chi connectivity index (χ0v) is 64.3. The minimum absolute atomic E-state index is 0.107. The van der Waals surface area contributed by atoms with Gasteiger partial charge in [-0.05, 0) is 31.6 Å². The Balaban J connectivity index is 5.23. The number of hydrogen-bond donors (Lipinski definition) is 3. The van der Waals surface area contributed by atoms with E-state index in [1.54, 1.807) is 0 Å². The standard InChI is InChI=1S/C77H150O17P2/c1-6-9-12-15-18-21-24-27-29-31-33-35-38-40-45-50-55-60-74(79)87-66-72(93-77(82)63-58-53-47-42-39-36-34-32-30-28-25-22-19-16-13-10-7-2)68-91-95(83,84)89-64-71(78)65-90-96(85,86)92-69-73(67-88-75(80)61-56-51-48-43-44-49-54-59-70(4)5)94-76(81)62-57-52-46-41-37-26-23-20-17-14-11-8-3/h70-73,78H,6-69H2,1-5H3,(H,83,84)(H,85,86)/t71-,72-,73-/m1/s1. The minimum Gasteiger partial charge on any atom is -0.462 e. The van der Waals surface area contributed by atoms with Crippen LogP contribution in [0.4, 0.5) is 0 Å². The minimum atomic E-state index is -4.96. The summed E-state index contributed by atoms with van der Waals surface area (Å²) in [6.07, 6.45) is 59.7. The summed E-state index contributed by atoms with van der Waals surface area (Å²) in [5, 5.41) is 10.6. The SMILES string of the molecule is CCCCCCCCCCCCCCCCCCCC(=O)OC[C@H](COP(=O)(O)OC[C@@H](O)COP(=O)(O)OC[C@@H](COC(=O)CCCCCCCCCC(C)C)OC(=O)CCCCCCCCCCCCCC)OC(=O)CCCCCCCCCCCCCCCCCCC. The van der Waals surface area contributed by atoms with Crippen LogP contribution in [0.5, 0.6) is 0 Å². The number of rotatable bonds is 77. The molecule has 0 saturated heterocycles. The lowest BCUT2D eigenvalue weighted by atomic mass is 10.0. The second kappa shape index (κ2) is 70.1. The van der Waals surface area contributed by atoms with Crippen LogP contribution in [0.2, 0.25) is 0 Å². The molecule has 0 aromatic rings. The van der Waals surface area contributed by atoms with Crippen molar-refractivity contribution < 1.29 is 80.2 Å². The van der Waals surface area contributed by atoms with Crippen molar-refractivity contribution in [1.29, 1.82) is 0 Å². The van der Waals surface area contributed by atoms with E-state index in [0.717, 1.165) is 96.3 Å². The van der Waals surface area contributed by atoms with Crippen LogP contribution in [0.15, 0.2) is 0 Å². The Morgan fingerprint density at radius 3 is 0.708 bits per heavy atom. The smallest absolute Gasteiger partial charge is 0.462 e. The Morgan fingerprint density at radius 1 is 0.281 bits per heavy atom. The molecule has 570 valence electrons. The first kappa shape index (κ1) is 94.1. The Bertz CT molecular complexity index is 1840. The molecule has 0 heterocycles. The van der Waals surface area contributed by atoms with Gasteiger partial charge in [0, 0.05) is 25.7 Å². The summed E-state index contributed by atoms with van der Waals surface area (Å²) in [5.41, 5.74) is 0. The summed E-state index contributed by atoms with van der Waals surface area (Å²) in [6.45, 7) is 7.25. The van der Waals surface area contributed by atoms with Gasteiger partial charge in [-0.3, -0.25) is 37.3 Å². The summed E-state index contributed by atoms with van der Waals surface area (Å²) in [4.78, 5) is 72.8. The number of unbranched alkanes of at least 4 members (excludes halogenated alkanes) is 49. The summed E-state index contributed by atoms with van der Waals surface area (Å²) in [6, 6.07) is 0. The predicted octanol–water partition coefficient (Wildman–Crippen LogP) is 22.9. The molecule has 0 amide bonds. The molecule has 0 radical (unpaired) electrons. The molecule has 0 aliphatic heterocycles. The lowest BCUT2D eigenvalue weighted by Crippen LogP contribution is -2.30. The summed E-state index contributed by atoms with van der Waals surface area (Å²) in [5.74, 6) is -1.41. The van der Waals surface area contributed by atoms with E-state index in [1.807, 2.05) is 0 Å². The molecule has 0 fully saturated rings. The summed E-state index contributed by atoms with van der Waals surface area (Å²) < 4.78 is 68.6. The molecule has 0 saturated carbocycles. The fourth-order valence-corrected chi connectivity index (χ4v) is 13.5. The van der Waals surface area contributed by atoms with E-state index in [2.05, 4.69) is 34.6 Å². The lowest BCUT2D eigenvalue weighted by Gasteiger charge is -2.21. The fraction of sp³-hybridized carbons (Fsp3) is 0.948. The number of hydrogen-bond acceptors (Lipinski definition) is 15. The van der Waals surface area contributed by atoms with Crippen LogP contribution in [-0.4, -0.2) is 96.7 Å². The van der Waals surface area contributed by atoms with E-state index >= 15 is 0 Å². The average molecular weight is 1410 g/mol. The van der Waals surface area contributed by atoms with Crippen molar-refractivity contribution in [3.8, 4) is 0 Å². The van der Waals surface area contributed by atoms with E-state index in [1.165, 1.54) is 225 Å². The molecule has 3 N–H and O–H groups in total. The number of ether oxygens (including phenoxy) is 4. The van der Waals surface area contributed by atoms with Gasteiger partial charge in [0.05, 0.1) is 26.4 Å². The maximum absolute atomic E-state index is 13.1. The lowest BCUT2D eigenvalue weighted by molar-refractivity contribution is -0.161. The van der Waals surface area contributed by atoms with Gasteiger partial charge in [0.2, 0.25) is 0 Å². The van der Waals surface area contributed by atoms with Crippen molar-refractivity contribution >= 4 is 39.5 Å². The number of aliphatic hydroxyl groups is 1. The van der Waals surface area contributed by atoms with E-state index in [9.17, 15) is 43.2 Å². The molecule has 0 spiro atoms. The number of carbonyl (C=O) groups is 4. The highest BCUT2D eigenvalue weighted by Crippen LogP contribution is 2.45. The Labute approximate surface area is 588 Å². The van der Waals surface area contributed by atoms with Crippen LogP contribution in [0.3, 0.4) is 0 Å². The van der Waals surface area contributed by atoms with E-state index in [-0.39, 0.29) is 25.7 Å². The van der Waals surface area contributed by atoms with Gasteiger partial charge in [-0.1, -0.05) is 356 Å². The van der Waals surface area contributed by atoms with Crippen LogP contribution in [0, 0.1) is 5.92 Å². The number of phosphoric acid groups is 2. The summed E-state index contributed by atoms with van der Waals surface area (Å²) >= 11 is 0. The third kappa shape index (κ3) is 70.5. The van der Waals surface area contributed by atoms with Crippen LogP contribution < -0.4 is 0 Å². The van der Waals surface area contributed by atoms with Gasteiger partial charge in [0.15, 0.2) is 12.2 Å². The van der Waals surface area contributed by atoms with Crippen molar-refractivity contribution in [3.05, 3.63) is 0 Å². The molecule has 5 atom stereocenters. The molecule has 0 bridgehead atoms. The third-order valence-electron chi connectivity index (χ3n) is 18.0. The average Bonchev–Trinajstić information content (AvgIpc) is 1.25. The van der Waals surface area contributed by atoms with E-state index in [0.29, 0.717) is 31.6 Å². The van der Waals surface area contributed by atoms with Gasteiger partial charge in [-0.15, -0.1) is 0 Å². The van der Waals surface area contributed by atoms with Crippen LogP contribution in [0.25, 0.3) is 0 Å². The molecule has 0 aliphatic rings. The van der Waals surface area contributed by atoms with Crippen molar-refractivity contribution in [2.75, 3.05) is 39.6 Å². The van der Waals surface area contributed by atoms with Gasteiger partial charge in [0.25, 0.3) is 0 Å². The highest BCUT2D eigenvalue weighted by atomic mass is 31.2. The van der Waals surface area contributed by atoms with E-state index < -0.39 is 97.5 Å². The van der Waals surface area contributed by atoms with Gasteiger partial charge in [0.1, 0.15) is 19.3 Å². The van der Waals surface area contributed by atoms with E-state index in [4.69, 9.17) is 37.0 Å². The Morgan fingerprint density at radius 2 is 0.479 bits per heavy atom. The third-order valence-corrected chi connectivity index (χ3v) is 19.9. The molecular formula is C77H150O17P2. The van der Waals surface area contributed by atoms with Crippen LogP contribution in [-0.2, 0) is 65.4 Å². The second-order valence-electron chi connectivity index (χ2n) is 28.2. The quantitative estimate of drug-likeness (QED) is 0.0222. The fourth-order valence-electron chi connectivity index (χ4n) is 11.9. The van der Waals surface area contributed by atoms with Crippen molar-refractivity contribution in [2.24, 2.45) is 5.92 Å². The first-order valence-electron chi connectivity index (χ1n) is 40.1. The van der Waals surface area contributed by atoms with Crippen LogP contribution in [0.1, 0.15) is 407 Å². The van der Waals surface area contributed by atoms with Gasteiger partial charge in [-0.25, -0.2) is 9.13 Å². The summed E-state index contributed by atoms with van der Waals surface area (Å²) in [7, 11) is -9.91. The molecule has 0 rings (SSSR count).